The Morgan fingerprint density at radius 3 is 2.67 bits per heavy atom. The molecule has 0 unspecified atom stereocenters. The van der Waals surface area contributed by atoms with Crippen molar-refractivity contribution in [3.63, 3.8) is 0 Å². The summed E-state index contributed by atoms with van der Waals surface area (Å²) in [5.74, 6) is 0.0513. The number of hydrogen-bond donors (Lipinski definition) is 3. The molecule has 5 heteroatoms. The van der Waals surface area contributed by atoms with Crippen LogP contribution in [0.15, 0.2) is 24.3 Å². The van der Waals surface area contributed by atoms with E-state index in [1.54, 1.807) is 0 Å². The molecule has 0 heterocycles. The van der Waals surface area contributed by atoms with Crippen LogP contribution in [0.2, 0.25) is 0 Å². The maximum absolute atomic E-state index is 11.8. The third-order valence-corrected chi connectivity index (χ3v) is 3.40. The highest BCUT2D eigenvalue weighted by atomic mass is 16.2. The molecule has 3 N–H and O–H groups in total. The number of para-hydroxylation sites is 1. The summed E-state index contributed by atoms with van der Waals surface area (Å²) in [6.45, 7) is 2.89. The molecule has 21 heavy (non-hydrogen) atoms. The van der Waals surface area contributed by atoms with E-state index in [0.29, 0.717) is 19.0 Å². The number of rotatable bonds is 8. The Bertz CT molecular complexity index is 498. The van der Waals surface area contributed by atoms with Gasteiger partial charge in [0.1, 0.15) is 0 Å². The zero-order chi connectivity index (χ0) is 15.1. The molecule has 1 saturated carbocycles. The van der Waals surface area contributed by atoms with Gasteiger partial charge >= 0.3 is 0 Å². The fourth-order valence-electron chi connectivity index (χ4n) is 2.01. The van der Waals surface area contributed by atoms with Crippen LogP contribution in [0.25, 0.3) is 0 Å². The van der Waals surface area contributed by atoms with Gasteiger partial charge in [0.05, 0.1) is 6.54 Å². The summed E-state index contributed by atoms with van der Waals surface area (Å²) < 4.78 is 0. The van der Waals surface area contributed by atoms with E-state index in [9.17, 15) is 9.59 Å². The summed E-state index contributed by atoms with van der Waals surface area (Å²) in [4.78, 5) is 23.2. The van der Waals surface area contributed by atoms with Crippen LogP contribution in [0, 0.1) is 6.92 Å². The molecule has 0 aromatic heterocycles. The van der Waals surface area contributed by atoms with Gasteiger partial charge in [-0.15, -0.1) is 0 Å². The van der Waals surface area contributed by atoms with Crippen molar-refractivity contribution in [1.82, 2.24) is 10.6 Å². The fourth-order valence-corrected chi connectivity index (χ4v) is 2.01. The quantitative estimate of drug-likeness (QED) is 0.636. The minimum Gasteiger partial charge on any atom is -0.353 e. The summed E-state index contributed by atoms with van der Waals surface area (Å²) >= 11 is 0. The average molecular weight is 289 g/mol. The molecule has 0 atom stereocenters. The minimum absolute atomic E-state index is 0.0632. The highest BCUT2D eigenvalue weighted by molar-refractivity contribution is 5.92. The van der Waals surface area contributed by atoms with Crippen molar-refractivity contribution >= 4 is 17.5 Å². The van der Waals surface area contributed by atoms with Crippen LogP contribution >= 0.6 is 0 Å². The molecule has 2 rings (SSSR count). The van der Waals surface area contributed by atoms with Gasteiger partial charge < -0.3 is 16.0 Å². The Balaban J connectivity index is 1.54. The third-order valence-electron chi connectivity index (χ3n) is 3.40. The summed E-state index contributed by atoms with van der Waals surface area (Å²) in [7, 11) is 0. The van der Waals surface area contributed by atoms with Crippen molar-refractivity contribution in [2.45, 2.75) is 38.6 Å². The molecule has 5 nitrogen and oxygen atoms in total. The van der Waals surface area contributed by atoms with Gasteiger partial charge in [0.15, 0.2) is 0 Å². The number of nitrogens with one attached hydrogen (secondary N) is 3. The van der Waals surface area contributed by atoms with Crippen LogP contribution in [-0.2, 0) is 9.59 Å². The first-order chi connectivity index (χ1) is 10.1. The number of hydrogen-bond acceptors (Lipinski definition) is 3. The van der Waals surface area contributed by atoms with Crippen molar-refractivity contribution in [2.24, 2.45) is 0 Å². The van der Waals surface area contributed by atoms with Crippen molar-refractivity contribution in [3.8, 4) is 0 Å². The lowest BCUT2D eigenvalue weighted by molar-refractivity contribution is -0.121. The summed E-state index contributed by atoms with van der Waals surface area (Å²) in [6.07, 6.45) is 3.49. The monoisotopic (exact) mass is 289 g/mol. The number of carbonyl (C=O) groups excluding carboxylic acids is 2. The van der Waals surface area contributed by atoms with Crippen molar-refractivity contribution in [3.05, 3.63) is 29.8 Å². The van der Waals surface area contributed by atoms with E-state index in [1.807, 2.05) is 31.2 Å². The van der Waals surface area contributed by atoms with Gasteiger partial charge in [-0.25, -0.2) is 0 Å². The normalized spacial score (nSPS) is 13.8. The van der Waals surface area contributed by atoms with Gasteiger partial charge in [-0.05, 0) is 44.4 Å². The lowest BCUT2D eigenvalue weighted by atomic mass is 10.2. The van der Waals surface area contributed by atoms with Gasteiger partial charge in [0.25, 0.3) is 0 Å². The lowest BCUT2D eigenvalue weighted by Crippen LogP contribution is -2.30. The van der Waals surface area contributed by atoms with E-state index >= 15 is 0 Å². The number of benzene rings is 1. The fraction of sp³-hybridized carbons (Fsp3) is 0.500. The molecule has 0 saturated heterocycles. The topological polar surface area (TPSA) is 70.2 Å². The van der Waals surface area contributed by atoms with Crippen LogP contribution in [0.5, 0.6) is 0 Å². The maximum atomic E-state index is 11.8. The largest absolute Gasteiger partial charge is 0.353 e. The van der Waals surface area contributed by atoms with Crippen molar-refractivity contribution in [1.29, 1.82) is 0 Å². The van der Waals surface area contributed by atoms with Crippen molar-refractivity contribution < 1.29 is 9.59 Å². The first kappa shape index (κ1) is 15.5. The Kier molecular flexibility index (Phi) is 5.75. The summed E-state index contributed by atoms with van der Waals surface area (Å²) in [5, 5.41) is 8.87. The average Bonchev–Trinajstić information content (AvgIpc) is 3.25. The number of carbonyl (C=O) groups is 2. The molecule has 1 aliphatic rings. The Hall–Kier alpha value is -1.88. The van der Waals surface area contributed by atoms with E-state index in [0.717, 1.165) is 30.5 Å². The molecular weight excluding hydrogens is 266 g/mol. The smallest absolute Gasteiger partial charge is 0.238 e. The maximum Gasteiger partial charge on any atom is 0.238 e. The zero-order valence-electron chi connectivity index (χ0n) is 12.4. The molecule has 1 aromatic rings. The number of amides is 2. The standard InChI is InChI=1S/C16H23N3O2/c1-12-5-2-3-6-14(12)19-16(21)11-17-10-4-7-15(20)18-13-8-9-13/h2-3,5-6,13,17H,4,7-11H2,1H3,(H,18,20)(H,19,21). The van der Waals surface area contributed by atoms with Crippen molar-refractivity contribution in [2.75, 3.05) is 18.4 Å². The number of aryl methyl sites for hydroxylation is 1. The van der Waals surface area contributed by atoms with Gasteiger partial charge in [-0.1, -0.05) is 18.2 Å². The SMILES string of the molecule is Cc1ccccc1NC(=O)CNCCCC(=O)NC1CC1. The Morgan fingerprint density at radius 2 is 1.95 bits per heavy atom. The predicted molar refractivity (Wildman–Crippen MR) is 83.1 cm³/mol. The molecule has 2 amide bonds. The molecule has 114 valence electrons. The summed E-state index contributed by atoms with van der Waals surface area (Å²) in [6, 6.07) is 8.10. The van der Waals surface area contributed by atoms with E-state index in [4.69, 9.17) is 0 Å². The van der Waals surface area contributed by atoms with Gasteiger partial charge in [0.2, 0.25) is 11.8 Å². The zero-order valence-corrected chi connectivity index (χ0v) is 12.4. The first-order valence-electron chi connectivity index (χ1n) is 7.50. The van der Waals surface area contributed by atoms with Gasteiger partial charge in [-0.2, -0.15) is 0 Å². The van der Waals surface area contributed by atoms with Crippen LogP contribution in [-0.4, -0.2) is 30.9 Å². The lowest BCUT2D eigenvalue weighted by Gasteiger charge is -2.09. The van der Waals surface area contributed by atoms with E-state index < -0.39 is 0 Å². The van der Waals surface area contributed by atoms with E-state index in [-0.39, 0.29) is 18.4 Å². The van der Waals surface area contributed by atoms with Crippen LogP contribution in [0.4, 0.5) is 5.69 Å². The molecule has 1 aliphatic carbocycles. The third kappa shape index (κ3) is 5.95. The second-order valence-corrected chi connectivity index (χ2v) is 5.49. The molecular formula is C16H23N3O2. The Labute approximate surface area is 125 Å². The highest BCUT2D eigenvalue weighted by Crippen LogP contribution is 2.18. The number of anilines is 1. The molecule has 0 spiro atoms. The molecule has 1 aromatic carbocycles. The minimum atomic E-state index is -0.0632. The van der Waals surface area contributed by atoms with E-state index in [2.05, 4.69) is 16.0 Å². The van der Waals surface area contributed by atoms with Crippen LogP contribution < -0.4 is 16.0 Å². The van der Waals surface area contributed by atoms with Crippen LogP contribution in [0.1, 0.15) is 31.2 Å². The Morgan fingerprint density at radius 1 is 1.19 bits per heavy atom. The molecule has 0 bridgehead atoms. The first-order valence-corrected chi connectivity index (χ1v) is 7.50. The second kappa shape index (κ2) is 7.78. The molecule has 0 radical (unpaired) electrons. The van der Waals surface area contributed by atoms with Gasteiger partial charge in [0, 0.05) is 18.2 Å². The second-order valence-electron chi connectivity index (χ2n) is 5.49. The predicted octanol–water partition coefficient (Wildman–Crippen LogP) is 1.58. The van der Waals surface area contributed by atoms with E-state index in [1.165, 1.54) is 0 Å². The van der Waals surface area contributed by atoms with Crippen LogP contribution in [0.3, 0.4) is 0 Å². The molecule has 1 fully saturated rings. The highest BCUT2D eigenvalue weighted by Gasteiger charge is 2.22. The summed E-state index contributed by atoms with van der Waals surface area (Å²) in [5.41, 5.74) is 1.88. The molecule has 0 aliphatic heterocycles. The van der Waals surface area contributed by atoms with Gasteiger partial charge in [-0.3, -0.25) is 9.59 Å².